The highest BCUT2D eigenvalue weighted by molar-refractivity contribution is 5.72. The molecule has 0 aliphatic heterocycles. The van der Waals surface area contributed by atoms with E-state index in [2.05, 4.69) is 58.1 Å². The molecule has 0 atom stereocenters. The molecule has 0 fully saturated rings. The molecular formula is C25H46ClN3O. The zero-order valence-electron chi connectivity index (χ0n) is 20.3. The van der Waals surface area contributed by atoms with E-state index >= 15 is 0 Å². The van der Waals surface area contributed by atoms with Crippen molar-refractivity contribution in [3.05, 3.63) is 29.3 Å². The van der Waals surface area contributed by atoms with Gasteiger partial charge in [-0.15, -0.1) is 0 Å². The fourth-order valence-corrected chi connectivity index (χ4v) is 4.50. The Kier molecular flexibility index (Phi) is 14.1. The standard InChI is InChI=1S/C25H45N3O.ClH/c1-20(2)18-28(19-21(3)4,15-10-8-7-9-14-27-23(6)29)16-13-24-12-11-22(5)25(26)17-24;/h11-12,17,20-21H,7-10,13-16,18-19,26H2,1-6H3;1H. The lowest BCUT2D eigenvalue weighted by Gasteiger charge is -2.42. The summed E-state index contributed by atoms with van der Waals surface area (Å²) in [6, 6.07) is 6.56. The Morgan fingerprint density at radius 2 is 1.60 bits per heavy atom. The van der Waals surface area contributed by atoms with Gasteiger partial charge in [0.05, 0.1) is 26.2 Å². The molecule has 174 valence electrons. The van der Waals surface area contributed by atoms with Gasteiger partial charge in [-0.1, -0.05) is 46.2 Å². The van der Waals surface area contributed by atoms with Crippen LogP contribution in [0.5, 0.6) is 0 Å². The van der Waals surface area contributed by atoms with Crippen LogP contribution in [0.2, 0.25) is 0 Å². The number of unbranched alkanes of at least 4 members (excludes halogenated alkanes) is 3. The number of nitrogens with two attached hydrogens (primary N) is 1. The number of halogens is 1. The van der Waals surface area contributed by atoms with Gasteiger partial charge in [-0.2, -0.15) is 0 Å². The molecular weight excluding hydrogens is 394 g/mol. The zero-order valence-corrected chi connectivity index (χ0v) is 21.0. The molecule has 1 aromatic carbocycles. The molecule has 0 heterocycles. The number of quaternary nitrogens is 1. The summed E-state index contributed by atoms with van der Waals surface area (Å²) in [7, 11) is 0. The van der Waals surface area contributed by atoms with E-state index in [-0.39, 0.29) is 18.3 Å². The highest BCUT2D eigenvalue weighted by Gasteiger charge is 2.29. The summed E-state index contributed by atoms with van der Waals surface area (Å²) in [6.07, 6.45) is 5.87. The van der Waals surface area contributed by atoms with Gasteiger partial charge < -0.3 is 27.9 Å². The van der Waals surface area contributed by atoms with Gasteiger partial charge in [0.1, 0.15) is 0 Å². The van der Waals surface area contributed by atoms with Crippen molar-refractivity contribution >= 4 is 11.6 Å². The number of hydrogen-bond acceptors (Lipinski definition) is 2. The lowest BCUT2D eigenvalue weighted by Crippen LogP contribution is -3.00. The Hall–Kier alpha value is -1.26. The van der Waals surface area contributed by atoms with E-state index < -0.39 is 0 Å². The number of carbonyl (C=O) groups is 1. The average molecular weight is 440 g/mol. The van der Waals surface area contributed by atoms with E-state index in [0.717, 1.165) is 30.6 Å². The van der Waals surface area contributed by atoms with Gasteiger partial charge in [-0.3, -0.25) is 4.79 Å². The van der Waals surface area contributed by atoms with Crippen LogP contribution in [0.3, 0.4) is 0 Å². The SMILES string of the molecule is CC(=O)NCCCCCC[N+](CCc1ccc(C)c(N)c1)(CC(C)C)CC(C)C.[Cl-]. The minimum Gasteiger partial charge on any atom is -1.00 e. The summed E-state index contributed by atoms with van der Waals surface area (Å²) < 4.78 is 1.20. The average Bonchev–Trinajstić information content (AvgIpc) is 2.60. The summed E-state index contributed by atoms with van der Waals surface area (Å²) in [4.78, 5) is 11.0. The predicted molar refractivity (Wildman–Crippen MR) is 126 cm³/mol. The quantitative estimate of drug-likeness (QED) is 0.264. The first-order chi connectivity index (χ1) is 13.6. The van der Waals surface area contributed by atoms with Crippen LogP contribution in [0.15, 0.2) is 18.2 Å². The number of benzene rings is 1. The minimum atomic E-state index is 0. The number of nitrogens with one attached hydrogen (secondary N) is 1. The molecule has 3 N–H and O–H groups in total. The second-order valence-corrected chi connectivity index (χ2v) is 9.78. The number of amides is 1. The van der Waals surface area contributed by atoms with Crippen LogP contribution in [0.1, 0.15) is 71.4 Å². The Morgan fingerprint density at radius 3 is 2.13 bits per heavy atom. The molecule has 0 aromatic heterocycles. The Bertz CT molecular complexity index is 606. The summed E-state index contributed by atoms with van der Waals surface area (Å²) in [5, 5.41) is 2.90. The molecule has 4 nitrogen and oxygen atoms in total. The first-order valence-corrected chi connectivity index (χ1v) is 11.6. The van der Waals surface area contributed by atoms with Gasteiger partial charge >= 0.3 is 0 Å². The predicted octanol–water partition coefficient (Wildman–Crippen LogP) is 1.95. The monoisotopic (exact) mass is 439 g/mol. The first-order valence-electron chi connectivity index (χ1n) is 11.6. The Balaban J connectivity index is 0.00000841. The molecule has 0 aliphatic carbocycles. The second kappa shape index (κ2) is 14.7. The molecule has 5 heteroatoms. The largest absolute Gasteiger partial charge is 1.00 e. The third kappa shape index (κ3) is 11.8. The highest BCUT2D eigenvalue weighted by atomic mass is 35.5. The highest BCUT2D eigenvalue weighted by Crippen LogP contribution is 2.21. The Labute approximate surface area is 192 Å². The van der Waals surface area contributed by atoms with Crippen LogP contribution < -0.4 is 23.5 Å². The molecule has 0 aliphatic rings. The van der Waals surface area contributed by atoms with Crippen molar-refractivity contribution < 1.29 is 21.7 Å². The molecule has 0 unspecified atom stereocenters. The summed E-state index contributed by atoms with van der Waals surface area (Å²) in [5.74, 6) is 1.46. The molecule has 1 amide bonds. The van der Waals surface area contributed by atoms with E-state index in [1.54, 1.807) is 6.92 Å². The van der Waals surface area contributed by atoms with E-state index in [1.807, 2.05) is 0 Å². The number of aryl methyl sites for hydroxylation is 1. The molecule has 0 spiro atoms. The van der Waals surface area contributed by atoms with Crippen LogP contribution >= 0.6 is 0 Å². The van der Waals surface area contributed by atoms with Crippen molar-refractivity contribution in [2.75, 3.05) is 38.5 Å². The normalized spacial score (nSPS) is 11.6. The molecule has 30 heavy (non-hydrogen) atoms. The van der Waals surface area contributed by atoms with Gasteiger partial charge in [0, 0.05) is 37.4 Å². The van der Waals surface area contributed by atoms with Crippen LogP contribution in [-0.2, 0) is 11.2 Å². The van der Waals surface area contributed by atoms with E-state index in [1.165, 1.54) is 55.5 Å². The first kappa shape index (κ1) is 28.7. The van der Waals surface area contributed by atoms with Crippen molar-refractivity contribution in [3.63, 3.8) is 0 Å². The van der Waals surface area contributed by atoms with Gasteiger partial charge in [-0.05, 0) is 43.4 Å². The van der Waals surface area contributed by atoms with Crippen molar-refractivity contribution in [1.29, 1.82) is 0 Å². The van der Waals surface area contributed by atoms with E-state index in [4.69, 9.17) is 5.73 Å². The van der Waals surface area contributed by atoms with E-state index in [9.17, 15) is 4.79 Å². The van der Waals surface area contributed by atoms with Crippen molar-refractivity contribution in [3.8, 4) is 0 Å². The molecule has 0 radical (unpaired) electrons. The molecule has 0 bridgehead atoms. The minimum absolute atomic E-state index is 0. The van der Waals surface area contributed by atoms with E-state index in [0.29, 0.717) is 11.8 Å². The number of nitrogens with zero attached hydrogens (tertiary/aromatic N) is 1. The maximum atomic E-state index is 11.0. The third-order valence-electron chi connectivity index (χ3n) is 5.66. The molecule has 1 aromatic rings. The smallest absolute Gasteiger partial charge is 0.216 e. The molecule has 0 saturated carbocycles. The summed E-state index contributed by atoms with van der Waals surface area (Å²) in [6.45, 7) is 18.8. The van der Waals surface area contributed by atoms with Crippen molar-refractivity contribution in [2.45, 2.75) is 73.6 Å². The molecule has 1 rings (SSSR count). The maximum absolute atomic E-state index is 11.0. The number of rotatable bonds is 14. The second-order valence-electron chi connectivity index (χ2n) is 9.78. The van der Waals surface area contributed by atoms with Gasteiger partial charge in [-0.25, -0.2) is 0 Å². The van der Waals surface area contributed by atoms with Crippen LogP contribution in [0, 0.1) is 18.8 Å². The number of anilines is 1. The van der Waals surface area contributed by atoms with Crippen LogP contribution in [-0.4, -0.2) is 43.1 Å². The lowest BCUT2D eigenvalue weighted by atomic mass is 10.0. The zero-order chi connectivity index (χ0) is 21.9. The van der Waals surface area contributed by atoms with Crippen LogP contribution in [0.4, 0.5) is 5.69 Å². The van der Waals surface area contributed by atoms with Gasteiger partial charge in [0.25, 0.3) is 0 Å². The number of nitrogen functional groups attached to an aromatic ring is 1. The van der Waals surface area contributed by atoms with Crippen molar-refractivity contribution in [1.82, 2.24) is 5.32 Å². The van der Waals surface area contributed by atoms with Gasteiger partial charge in [0.2, 0.25) is 5.91 Å². The van der Waals surface area contributed by atoms with Gasteiger partial charge in [0.15, 0.2) is 0 Å². The Morgan fingerprint density at radius 1 is 1.00 bits per heavy atom. The van der Waals surface area contributed by atoms with Crippen molar-refractivity contribution in [2.24, 2.45) is 11.8 Å². The fourth-order valence-electron chi connectivity index (χ4n) is 4.50. The molecule has 0 saturated heterocycles. The summed E-state index contributed by atoms with van der Waals surface area (Å²) >= 11 is 0. The topological polar surface area (TPSA) is 55.1 Å². The lowest BCUT2D eigenvalue weighted by molar-refractivity contribution is -0.933. The third-order valence-corrected chi connectivity index (χ3v) is 5.66. The maximum Gasteiger partial charge on any atom is 0.216 e. The number of carbonyl (C=O) groups excluding carboxylic acids is 1. The summed E-state index contributed by atoms with van der Waals surface area (Å²) in [5.41, 5.74) is 9.58. The number of hydrogen-bond donors (Lipinski definition) is 2. The van der Waals surface area contributed by atoms with Crippen LogP contribution in [0.25, 0.3) is 0 Å². The fraction of sp³-hybridized carbons (Fsp3) is 0.720.